The summed E-state index contributed by atoms with van der Waals surface area (Å²) in [6.07, 6.45) is 1.69. The van der Waals surface area contributed by atoms with Gasteiger partial charge in [-0.3, -0.25) is 5.10 Å². The number of halogens is 6. The van der Waals surface area contributed by atoms with Gasteiger partial charge in [0.2, 0.25) is 0 Å². The standard InChI is InChI=1S/C15H12N2O.6FH.Sb/c1-3-7-12(8-4-1)15-14(11-16-17-15)18-13-9-5-2-6-10-13;;;;;;;/h1-11H,(H,16,17);6*1H;/q;;;;;;;+5/p-5. The molecule has 0 radical (unpaired) electrons. The van der Waals surface area contributed by atoms with Crippen LogP contribution in [-0.2, 0) is 0 Å². The Balaban J connectivity index is 0.000000366. The first kappa shape index (κ1) is 19.2. The Morgan fingerprint density at radius 2 is 1.28 bits per heavy atom. The van der Waals surface area contributed by atoms with Crippen molar-refractivity contribution in [3.05, 3.63) is 66.9 Å². The monoisotopic (exact) mass is 472 g/mol. The Hall–Kier alpha value is -2.15. The first-order valence-electron chi connectivity index (χ1n) is 6.76. The fraction of sp³-hybridized carbons (Fsp3) is 0. The van der Waals surface area contributed by atoms with E-state index in [1.165, 1.54) is 0 Å². The molecule has 0 unspecified atom stereocenters. The number of H-pyrrole nitrogens is 1. The third-order valence-electron chi connectivity index (χ3n) is 2.64. The molecule has 136 valence electrons. The number of ether oxygens (including phenoxy) is 1. The van der Waals surface area contributed by atoms with Crippen LogP contribution in [0.4, 0.5) is 16.9 Å². The maximum absolute atomic E-state index is 11.2. The first-order valence-corrected chi connectivity index (χ1v) is 12.6. The van der Waals surface area contributed by atoms with Crippen LogP contribution in [0.1, 0.15) is 1.43 Å². The van der Waals surface area contributed by atoms with Crippen molar-refractivity contribution in [3.63, 3.8) is 0 Å². The third kappa shape index (κ3) is 8.49. The van der Waals surface area contributed by atoms with Gasteiger partial charge in [-0.2, -0.15) is 5.10 Å². The molecule has 1 heterocycles. The molecule has 2 aromatic carbocycles. The van der Waals surface area contributed by atoms with E-state index in [0.29, 0.717) is 0 Å². The van der Waals surface area contributed by atoms with Crippen molar-refractivity contribution in [3.8, 4) is 22.8 Å². The molecule has 0 bridgehead atoms. The number of aromatic nitrogens is 2. The van der Waals surface area contributed by atoms with Crippen molar-refractivity contribution in [2.45, 2.75) is 0 Å². The molecule has 0 aliphatic heterocycles. The normalized spacial score (nSPS) is 13.8. The average molecular weight is 473 g/mol. The molecule has 3 rings (SSSR count). The van der Waals surface area contributed by atoms with E-state index in [1.807, 2.05) is 60.7 Å². The van der Waals surface area contributed by atoms with E-state index in [1.54, 1.807) is 6.20 Å². The Bertz CT molecular complexity index is 814. The van der Waals surface area contributed by atoms with Gasteiger partial charge in [-0.1, -0.05) is 48.5 Å². The van der Waals surface area contributed by atoms with Crippen LogP contribution in [0.25, 0.3) is 11.3 Å². The molecule has 0 saturated heterocycles. The summed E-state index contributed by atoms with van der Waals surface area (Å²) in [5.74, 6) is 1.53. The molecule has 0 aliphatic rings. The molecule has 3 nitrogen and oxygen atoms in total. The summed E-state index contributed by atoms with van der Waals surface area (Å²) in [6.45, 7) is 0. The number of para-hydroxylation sites is 1. The Morgan fingerprint density at radius 3 is 1.80 bits per heavy atom. The van der Waals surface area contributed by atoms with Crippen LogP contribution in [0.2, 0.25) is 0 Å². The van der Waals surface area contributed by atoms with Crippen molar-refractivity contribution in [2.75, 3.05) is 0 Å². The first-order chi connectivity index (χ1) is 11.4. The van der Waals surface area contributed by atoms with Gasteiger partial charge in [-0.25, -0.2) is 0 Å². The van der Waals surface area contributed by atoms with Crippen molar-refractivity contribution < 1.29 is 23.0 Å². The van der Waals surface area contributed by atoms with Crippen LogP contribution in [-0.4, -0.2) is 29.7 Å². The SMILES string of the molecule is [F][Sb-]([F])([F])([F])([F])[F].[H+].c1ccc(Oc2cn[nH]c2-c2ccccc2)cc1. The van der Waals surface area contributed by atoms with E-state index in [9.17, 15) is 16.9 Å². The number of benzene rings is 2. The second-order valence-electron chi connectivity index (χ2n) is 4.85. The summed E-state index contributed by atoms with van der Waals surface area (Å²) in [7, 11) is 0. The van der Waals surface area contributed by atoms with E-state index in [-0.39, 0.29) is 1.43 Å². The zero-order valence-corrected chi connectivity index (χ0v) is 15.0. The van der Waals surface area contributed by atoms with E-state index in [4.69, 9.17) is 4.74 Å². The molecule has 0 saturated carbocycles. The van der Waals surface area contributed by atoms with Crippen molar-refractivity contribution in [2.24, 2.45) is 0 Å². The van der Waals surface area contributed by atoms with Gasteiger partial charge in [-0.05, 0) is 12.1 Å². The van der Waals surface area contributed by atoms with E-state index >= 15 is 0 Å². The Kier molecular flexibility index (Phi) is 4.83. The summed E-state index contributed by atoms with van der Waals surface area (Å²) in [4.78, 5) is 0. The van der Waals surface area contributed by atoms with Gasteiger partial charge in [0.05, 0.1) is 6.20 Å². The minimum Gasteiger partial charge on any atom is -0.453 e. The molecule has 0 spiro atoms. The molecule has 1 N–H and O–H groups in total. The van der Waals surface area contributed by atoms with Gasteiger partial charge in [0.1, 0.15) is 11.4 Å². The summed E-state index contributed by atoms with van der Waals surface area (Å²) in [5.41, 5.74) is 1.94. The van der Waals surface area contributed by atoms with E-state index in [2.05, 4.69) is 10.2 Å². The van der Waals surface area contributed by atoms with Crippen LogP contribution in [0.15, 0.2) is 66.9 Å². The maximum atomic E-state index is 9.93. The van der Waals surface area contributed by atoms with Gasteiger partial charge in [-0.15, -0.1) is 0 Å². The predicted molar refractivity (Wildman–Crippen MR) is 84.1 cm³/mol. The summed E-state index contributed by atoms with van der Waals surface area (Å²) in [5, 5.41) is 7.01. The molecule has 10 heteroatoms. The fourth-order valence-corrected chi connectivity index (χ4v) is 1.78. The van der Waals surface area contributed by atoms with Crippen LogP contribution in [0, 0.1) is 0 Å². The molecule has 0 fully saturated rings. The molecular formula is C15H13F6N2OSb. The van der Waals surface area contributed by atoms with E-state index < -0.39 is 19.5 Å². The minimum absolute atomic E-state index is 0. The van der Waals surface area contributed by atoms with Gasteiger partial charge < -0.3 is 4.74 Å². The van der Waals surface area contributed by atoms with Crippen LogP contribution >= 0.6 is 0 Å². The van der Waals surface area contributed by atoms with Crippen molar-refractivity contribution >= 4 is 19.5 Å². The second kappa shape index (κ2) is 6.29. The van der Waals surface area contributed by atoms with E-state index in [0.717, 1.165) is 22.8 Å². The zero-order valence-electron chi connectivity index (χ0n) is 13.4. The quantitative estimate of drug-likeness (QED) is 0.368. The zero-order chi connectivity index (χ0) is 18.6. The van der Waals surface area contributed by atoms with Crippen molar-refractivity contribution in [1.82, 2.24) is 10.2 Å². The number of rotatable bonds is 3. The van der Waals surface area contributed by atoms with Gasteiger partial charge in [0.15, 0.2) is 5.75 Å². The topological polar surface area (TPSA) is 37.9 Å². The Labute approximate surface area is 142 Å². The molecule has 0 aliphatic carbocycles. The summed E-state index contributed by atoms with van der Waals surface area (Å²) >= 11 is -11.2. The van der Waals surface area contributed by atoms with Crippen LogP contribution < -0.4 is 4.74 Å². The van der Waals surface area contributed by atoms with Crippen LogP contribution in [0.3, 0.4) is 0 Å². The number of hydrogen-bond donors (Lipinski definition) is 1. The van der Waals surface area contributed by atoms with Gasteiger partial charge in [0, 0.05) is 5.56 Å². The third-order valence-corrected chi connectivity index (χ3v) is 2.64. The molecular weight excluding hydrogens is 460 g/mol. The number of hydrogen-bond acceptors (Lipinski definition) is 2. The van der Waals surface area contributed by atoms with Crippen LogP contribution in [0.5, 0.6) is 11.5 Å². The second-order valence-corrected chi connectivity index (χ2v) is 10.3. The molecule has 25 heavy (non-hydrogen) atoms. The predicted octanol–water partition coefficient (Wildman–Crippen LogP) is 6.12. The maximum Gasteiger partial charge on any atom is 1.00 e. The summed E-state index contributed by atoms with van der Waals surface area (Å²) in [6, 6.07) is 19.7. The fourth-order valence-electron chi connectivity index (χ4n) is 1.78. The minimum atomic E-state index is -11.2. The molecule has 0 amide bonds. The summed E-state index contributed by atoms with van der Waals surface area (Å²) < 4.78 is 65.4. The molecule has 1 aromatic heterocycles. The molecule has 0 atom stereocenters. The van der Waals surface area contributed by atoms with Crippen molar-refractivity contribution in [1.29, 1.82) is 0 Å². The molecule has 3 aromatic rings. The number of aromatic amines is 1. The smallest absolute Gasteiger partial charge is 0.453 e. The number of nitrogens with zero attached hydrogens (tertiary/aromatic N) is 1. The van der Waals surface area contributed by atoms with Gasteiger partial charge in [0.25, 0.3) is 0 Å². The Morgan fingerprint density at radius 1 is 0.800 bits per heavy atom. The average Bonchev–Trinajstić information content (AvgIpc) is 2.94. The largest absolute Gasteiger partial charge is 1.00 e. The number of nitrogens with one attached hydrogen (secondary N) is 1. The van der Waals surface area contributed by atoms with Gasteiger partial charge >= 0.3 is 37.8 Å².